The summed E-state index contributed by atoms with van der Waals surface area (Å²) >= 11 is 7.93. The normalized spacial score (nSPS) is 11.1. The average molecular weight is 421 g/mol. The molecule has 3 aromatic rings. The van der Waals surface area contributed by atoms with Gasteiger partial charge in [0.05, 0.1) is 5.75 Å². The molecule has 0 fully saturated rings. The highest BCUT2D eigenvalue weighted by Crippen LogP contribution is 2.25. The van der Waals surface area contributed by atoms with Crippen molar-refractivity contribution in [3.63, 3.8) is 0 Å². The molecule has 0 atom stereocenters. The van der Waals surface area contributed by atoms with Crippen LogP contribution in [0, 0.1) is 10.9 Å². The molecule has 0 bridgehead atoms. The number of thiazole rings is 1. The van der Waals surface area contributed by atoms with Crippen LogP contribution in [0.3, 0.4) is 0 Å². The quantitative estimate of drug-likeness (QED) is 0.373. The Morgan fingerprint density at radius 1 is 1.30 bits per heavy atom. The number of fused-ring (bicyclic) bond motifs is 1. The number of nitrogens with zero attached hydrogens (tertiary/aromatic N) is 3. The topological polar surface area (TPSA) is 71.0 Å². The molecule has 0 saturated heterocycles. The minimum atomic E-state index is -0.236. The number of amides is 1. The van der Waals surface area contributed by atoms with Gasteiger partial charge in [0.1, 0.15) is 4.70 Å². The number of aromatic amines is 1. The summed E-state index contributed by atoms with van der Waals surface area (Å²) in [5.41, 5.74) is 2.29. The van der Waals surface area contributed by atoms with Crippen molar-refractivity contribution in [2.75, 3.05) is 18.8 Å². The van der Waals surface area contributed by atoms with E-state index in [2.05, 4.69) is 9.97 Å². The lowest BCUT2D eigenvalue weighted by atomic mass is 10.2. The number of aromatic nitrogens is 3. The number of hydrogen-bond donors (Lipinski definition) is 1. The summed E-state index contributed by atoms with van der Waals surface area (Å²) in [5.74, 6) is 0.249. The number of thioether (sulfide) groups is 1. The van der Waals surface area contributed by atoms with E-state index in [4.69, 9.17) is 12.2 Å². The predicted octanol–water partition coefficient (Wildman–Crippen LogP) is 3.77. The van der Waals surface area contributed by atoms with E-state index in [0.29, 0.717) is 32.5 Å². The Morgan fingerprint density at radius 3 is 2.59 bits per heavy atom. The third-order valence-corrected chi connectivity index (χ3v) is 6.38. The van der Waals surface area contributed by atoms with Crippen molar-refractivity contribution in [2.24, 2.45) is 0 Å². The second-order valence-corrected chi connectivity index (χ2v) is 8.53. The van der Waals surface area contributed by atoms with Gasteiger partial charge in [-0.1, -0.05) is 40.8 Å². The number of benzene rings is 1. The summed E-state index contributed by atoms with van der Waals surface area (Å²) in [6.45, 7) is 7.23. The summed E-state index contributed by atoms with van der Waals surface area (Å²) in [4.78, 5) is 33.8. The molecular weight excluding hydrogens is 400 g/mol. The molecule has 3 rings (SSSR count). The maximum atomic E-state index is 12.5. The molecule has 1 N–H and O–H groups in total. The molecule has 0 spiro atoms. The van der Waals surface area contributed by atoms with Crippen molar-refractivity contribution < 1.29 is 4.79 Å². The predicted molar refractivity (Wildman–Crippen MR) is 114 cm³/mol. The van der Waals surface area contributed by atoms with Gasteiger partial charge in [0.25, 0.3) is 5.56 Å². The third-order valence-electron chi connectivity index (χ3n) is 4.16. The van der Waals surface area contributed by atoms with Crippen LogP contribution in [-0.4, -0.2) is 44.2 Å². The first-order chi connectivity index (χ1) is 12.9. The Labute approximate surface area is 170 Å². The first-order valence-corrected chi connectivity index (χ1v) is 10.8. The summed E-state index contributed by atoms with van der Waals surface area (Å²) in [5, 5.41) is 0.418. The van der Waals surface area contributed by atoms with Crippen molar-refractivity contribution >= 4 is 51.6 Å². The van der Waals surface area contributed by atoms with Crippen molar-refractivity contribution in [3.8, 4) is 5.69 Å². The van der Waals surface area contributed by atoms with Crippen molar-refractivity contribution in [3.05, 3.63) is 44.1 Å². The molecule has 142 valence electrons. The van der Waals surface area contributed by atoms with Gasteiger partial charge in [-0.3, -0.25) is 14.2 Å². The zero-order valence-electron chi connectivity index (χ0n) is 15.3. The molecule has 0 unspecified atom stereocenters. The van der Waals surface area contributed by atoms with E-state index in [1.807, 2.05) is 45.0 Å². The summed E-state index contributed by atoms with van der Waals surface area (Å²) in [6.07, 6.45) is 0. The number of H-pyrrole nitrogens is 1. The van der Waals surface area contributed by atoms with Gasteiger partial charge >= 0.3 is 0 Å². The lowest BCUT2D eigenvalue weighted by Crippen LogP contribution is -2.32. The number of carbonyl (C=O) groups is 1. The van der Waals surface area contributed by atoms with Crippen LogP contribution in [0.25, 0.3) is 16.0 Å². The second-order valence-electron chi connectivity index (χ2n) is 5.92. The Hall–Kier alpha value is -1.97. The third kappa shape index (κ3) is 4.15. The fraction of sp³-hybridized carbons (Fsp3) is 0.333. The van der Waals surface area contributed by atoms with Crippen molar-refractivity contribution in [1.29, 1.82) is 0 Å². The van der Waals surface area contributed by atoms with E-state index in [1.165, 1.54) is 23.1 Å². The highest BCUT2D eigenvalue weighted by atomic mass is 32.2. The van der Waals surface area contributed by atoms with E-state index in [0.717, 1.165) is 11.3 Å². The smallest absolute Gasteiger partial charge is 0.271 e. The summed E-state index contributed by atoms with van der Waals surface area (Å²) < 4.78 is 2.86. The lowest BCUT2D eigenvalue weighted by Gasteiger charge is -2.17. The highest BCUT2D eigenvalue weighted by Gasteiger charge is 2.16. The van der Waals surface area contributed by atoms with Gasteiger partial charge < -0.3 is 9.88 Å². The van der Waals surface area contributed by atoms with E-state index >= 15 is 0 Å². The molecular formula is C18H20N4O2S3. The lowest BCUT2D eigenvalue weighted by molar-refractivity contribution is -0.127. The number of aryl methyl sites for hydroxylation is 1. The summed E-state index contributed by atoms with van der Waals surface area (Å²) in [6, 6.07) is 7.89. The Kier molecular flexibility index (Phi) is 6.13. The first-order valence-electron chi connectivity index (χ1n) is 8.58. The molecule has 0 saturated carbocycles. The van der Waals surface area contributed by atoms with Crippen LogP contribution < -0.4 is 5.56 Å². The molecule has 0 aliphatic rings. The van der Waals surface area contributed by atoms with E-state index < -0.39 is 0 Å². The van der Waals surface area contributed by atoms with Crippen LogP contribution in [0.4, 0.5) is 0 Å². The second kappa shape index (κ2) is 8.37. The molecule has 0 aliphatic heterocycles. The van der Waals surface area contributed by atoms with Crippen LogP contribution >= 0.6 is 35.3 Å². The molecule has 1 amide bonds. The standard InChI is InChI=1S/C18H20N4O2S3/c1-4-21(5-2)13(23)10-26-17-19-15-14(16(24)20-17)27-18(25)22(15)12-8-6-11(3)7-9-12/h6-9H,4-5,10H2,1-3H3,(H,19,20,24). The van der Waals surface area contributed by atoms with E-state index in [-0.39, 0.29) is 17.2 Å². The van der Waals surface area contributed by atoms with Crippen molar-refractivity contribution in [2.45, 2.75) is 25.9 Å². The van der Waals surface area contributed by atoms with Crippen LogP contribution in [-0.2, 0) is 4.79 Å². The Bertz CT molecular complexity index is 1080. The number of carbonyl (C=O) groups excluding carboxylic acids is 1. The van der Waals surface area contributed by atoms with Crippen LogP contribution in [0.1, 0.15) is 19.4 Å². The maximum absolute atomic E-state index is 12.5. The monoisotopic (exact) mass is 420 g/mol. The zero-order valence-corrected chi connectivity index (χ0v) is 17.8. The average Bonchev–Trinajstić information content (AvgIpc) is 2.98. The number of hydrogen-bond acceptors (Lipinski definition) is 6. The fourth-order valence-electron chi connectivity index (χ4n) is 2.68. The van der Waals surface area contributed by atoms with E-state index in [9.17, 15) is 9.59 Å². The molecule has 9 heteroatoms. The molecule has 2 aromatic heterocycles. The SMILES string of the molecule is CCN(CC)C(=O)CSc1nc2c(sc(=S)n2-c2ccc(C)cc2)c(=O)[nH]1. The van der Waals surface area contributed by atoms with Gasteiger partial charge in [0, 0.05) is 18.8 Å². The summed E-state index contributed by atoms with van der Waals surface area (Å²) in [7, 11) is 0. The van der Waals surface area contributed by atoms with Gasteiger partial charge in [-0.05, 0) is 45.1 Å². The van der Waals surface area contributed by atoms with Crippen LogP contribution in [0.2, 0.25) is 0 Å². The molecule has 0 aliphatic carbocycles. The molecule has 1 aromatic carbocycles. The first kappa shape index (κ1) is 19.8. The van der Waals surface area contributed by atoms with Gasteiger partial charge in [0.15, 0.2) is 14.8 Å². The van der Waals surface area contributed by atoms with Crippen molar-refractivity contribution in [1.82, 2.24) is 19.4 Å². The van der Waals surface area contributed by atoms with E-state index in [1.54, 1.807) is 9.47 Å². The van der Waals surface area contributed by atoms with Gasteiger partial charge in [-0.2, -0.15) is 0 Å². The van der Waals surface area contributed by atoms with Gasteiger partial charge in [-0.25, -0.2) is 4.98 Å². The van der Waals surface area contributed by atoms with Crippen LogP contribution in [0.15, 0.2) is 34.2 Å². The Balaban J connectivity index is 1.99. The minimum absolute atomic E-state index is 0.0217. The molecule has 27 heavy (non-hydrogen) atoms. The van der Waals surface area contributed by atoms with Gasteiger partial charge in [-0.15, -0.1) is 0 Å². The fourth-order valence-corrected chi connectivity index (χ4v) is 4.71. The van der Waals surface area contributed by atoms with Gasteiger partial charge in [0.2, 0.25) is 5.91 Å². The number of nitrogens with one attached hydrogen (secondary N) is 1. The minimum Gasteiger partial charge on any atom is -0.343 e. The largest absolute Gasteiger partial charge is 0.343 e. The highest BCUT2D eigenvalue weighted by molar-refractivity contribution is 7.99. The zero-order chi connectivity index (χ0) is 19.6. The molecule has 2 heterocycles. The Morgan fingerprint density at radius 2 is 1.96 bits per heavy atom. The van der Waals surface area contributed by atoms with Crippen LogP contribution in [0.5, 0.6) is 0 Å². The maximum Gasteiger partial charge on any atom is 0.271 e. The molecule has 6 nitrogen and oxygen atoms in total. The molecule has 0 radical (unpaired) electrons. The number of rotatable bonds is 6.